The van der Waals surface area contributed by atoms with E-state index in [1.807, 2.05) is 22.6 Å². The van der Waals surface area contributed by atoms with Crippen molar-refractivity contribution in [2.75, 3.05) is 0 Å². The van der Waals surface area contributed by atoms with Crippen molar-refractivity contribution in [1.29, 1.82) is 0 Å². The van der Waals surface area contributed by atoms with Gasteiger partial charge in [0.25, 0.3) is 0 Å². The number of nitrogens with two attached hydrogens (primary N) is 1. The second-order valence-electron chi connectivity index (χ2n) is 1.12. The van der Waals surface area contributed by atoms with E-state index >= 15 is 0 Å². The fourth-order valence-electron chi connectivity index (χ4n) is 0.146. The van der Waals surface area contributed by atoms with Crippen LogP contribution in [-0.4, -0.2) is 4.22 Å². The lowest BCUT2D eigenvalue weighted by atomic mass is 10.6. The van der Waals surface area contributed by atoms with Crippen LogP contribution in [0.3, 0.4) is 0 Å². The van der Waals surface area contributed by atoms with Crippen LogP contribution < -0.4 is 5.73 Å². The van der Waals surface area contributed by atoms with Crippen molar-refractivity contribution in [3.63, 3.8) is 0 Å². The molecule has 0 radical (unpaired) electrons. The van der Waals surface area contributed by atoms with E-state index in [0.717, 1.165) is 5.70 Å². The van der Waals surface area contributed by atoms with Gasteiger partial charge in [0.15, 0.2) is 0 Å². The Morgan fingerprint density at radius 2 is 2.43 bits per heavy atom. The van der Waals surface area contributed by atoms with Gasteiger partial charge in [0.1, 0.15) is 0 Å². The molecule has 0 heterocycles. The minimum atomic E-state index is 0.730. The number of aliphatic imine (C=N–C) groups is 1. The molecule has 0 saturated heterocycles. The summed E-state index contributed by atoms with van der Waals surface area (Å²) in [5.41, 5.74) is 5.95. The Labute approximate surface area is 56.6 Å². The maximum Gasteiger partial charge on any atom is 0.0651 e. The quantitative estimate of drug-likeness (QED) is 0.513. The summed E-state index contributed by atoms with van der Waals surface area (Å²) in [7, 11) is 0. The summed E-state index contributed by atoms with van der Waals surface area (Å²) in [6, 6.07) is 0. The molecule has 0 aromatic heterocycles. The van der Waals surface area contributed by atoms with Gasteiger partial charge in [-0.3, -0.25) is 4.99 Å². The highest BCUT2D eigenvalue weighted by atomic mass is 127. The van der Waals surface area contributed by atoms with Crippen LogP contribution in [0, 0.1) is 0 Å². The Morgan fingerprint density at radius 1 is 1.86 bits per heavy atom. The second kappa shape index (κ2) is 4.11. The van der Waals surface area contributed by atoms with E-state index in [1.54, 1.807) is 17.3 Å². The average molecular weight is 210 g/mol. The minimum absolute atomic E-state index is 0.730. The molecule has 40 valence electrons. The zero-order valence-corrected chi connectivity index (χ0v) is 6.21. The number of hydrogen-bond donors (Lipinski definition) is 1. The first kappa shape index (κ1) is 6.94. The van der Waals surface area contributed by atoms with Crippen LogP contribution in [0.5, 0.6) is 0 Å². The lowest BCUT2D eigenvalue weighted by Crippen LogP contribution is -1.87. The molecule has 0 spiro atoms. The van der Waals surface area contributed by atoms with Crippen LogP contribution >= 0.6 is 22.6 Å². The highest BCUT2D eigenvalue weighted by molar-refractivity contribution is 14.1. The summed E-state index contributed by atoms with van der Waals surface area (Å²) < 4.78 is 1.66. The predicted octanol–water partition coefficient (Wildman–Crippen LogP) is 1.27. The molecular formula is C4H7IN2. The number of halogens is 1. The molecule has 0 fully saturated rings. The molecule has 0 aromatic rings. The minimum Gasteiger partial charge on any atom is -0.401 e. The SMILES string of the molecule is C/C(N)=C/N=C\I. The molecule has 0 saturated carbocycles. The van der Waals surface area contributed by atoms with Crippen molar-refractivity contribution in [2.45, 2.75) is 6.92 Å². The van der Waals surface area contributed by atoms with Gasteiger partial charge in [0.2, 0.25) is 0 Å². The van der Waals surface area contributed by atoms with Crippen molar-refractivity contribution in [3.8, 4) is 0 Å². The van der Waals surface area contributed by atoms with Gasteiger partial charge in [-0.1, -0.05) is 0 Å². The first-order valence-electron chi connectivity index (χ1n) is 1.81. The lowest BCUT2D eigenvalue weighted by Gasteiger charge is -1.79. The van der Waals surface area contributed by atoms with Crippen molar-refractivity contribution in [2.24, 2.45) is 10.7 Å². The molecular weight excluding hydrogens is 203 g/mol. The second-order valence-corrected chi connectivity index (χ2v) is 1.68. The molecule has 2 nitrogen and oxygen atoms in total. The smallest absolute Gasteiger partial charge is 0.0651 e. The topological polar surface area (TPSA) is 38.4 Å². The van der Waals surface area contributed by atoms with E-state index < -0.39 is 0 Å². The van der Waals surface area contributed by atoms with Crippen LogP contribution in [0.4, 0.5) is 0 Å². The molecule has 3 heteroatoms. The molecule has 0 aliphatic heterocycles. The standard InChI is InChI=1S/C4H7IN2/c1-4(6)2-7-3-5/h2-3H,6H2,1H3/b4-2-,7-3-. The van der Waals surface area contributed by atoms with Crippen molar-refractivity contribution in [1.82, 2.24) is 0 Å². The Bertz CT molecular complexity index is 91.9. The van der Waals surface area contributed by atoms with Gasteiger partial charge < -0.3 is 5.73 Å². The largest absolute Gasteiger partial charge is 0.401 e. The van der Waals surface area contributed by atoms with Crippen molar-refractivity contribution in [3.05, 3.63) is 11.9 Å². The van der Waals surface area contributed by atoms with Crippen LogP contribution in [0.25, 0.3) is 0 Å². The van der Waals surface area contributed by atoms with Gasteiger partial charge in [0.05, 0.1) is 4.22 Å². The van der Waals surface area contributed by atoms with E-state index in [1.165, 1.54) is 0 Å². The summed E-state index contributed by atoms with van der Waals surface area (Å²) in [6.07, 6.45) is 1.60. The van der Waals surface area contributed by atoms with Crippen LogP contribution in [-0.2, 0) is 0 Å². The molecule has 0 aliphatic rings. The Morgan fingerprint density at radius 3 is 2.57 bits per heavy atom. The van der Waals surface area contributed by atoms with Crippen molar-refractivity contribution < 1.29 is 0 Å². The highest BCUT2D eigenvalue weighted by Crippen LogP contribution is 1.80. The maximum absolute atomic E-state index is 5.22. The Hall–Kier alpha value is -0.0600. The average Bonchev–Trinajstić information content (AvgIpc) is 1.61. The molecule has 2 N–H and O–H groups in total. The fraction of sp³-hybridized carbons (Fsp3) is 0.250. The van der Waals surface area contributed by atoms with Crippen LogP contribution in [0.2, 0.25) is 0 Å². The number of hydrogen-bond acceptors (Lipinski definition) is 2. The van der Waals surface area contributed by atoms with Gasteiger partial charge in [-0.05, 0) is 29.5 Å². The zero-order chi connectivity index (χ0) is 5.70. The number of nitrogens with zero attached hydrogens (tertiary/aromatic N) is 1. The third-order valence-corrected chi connectivity index (χ3v) is 0.656. The molecule has 0 aliphatic carbocycles. The van der Waals surface area contributed by atoms with E-state index in [9.17, 15) is 0 Å². The fourth-order valence-corrected chi connectivity index (χ4v) is 0.307. The number of rotatable bonds is 1. The van der Waals surface area contributed by atoms with Gasteiger partial charge in [-0.15, -0.1) is 0 Å². The zero-order valence-electron chi connectivity index (χ0n) is 4.06. The van der Waals surface area contributed by atoms with E-state index in [2.05, 4.69) is 4.99 Å². The van der Waals surface area contributed by atoms with E-state index in [0.29, 0.717) is 0 Å². The molecule has 0 atom stereocenters. The van der Waals surface area contributed by atoms with Crippen LogP contribution in [0.1, 0.15) is 6.92 Å². The first-order chi connectivity index (χ1) is 3.27. The van der Waals surface area contributed by atoms with E-state index in [-0.39, 0.29) is 0 Å². The monoisotopic (exact) mass is 210 g/mol. The van der Waals surface area contributed by atoms with Gasteiger partial charge in [0, 0.05) is 11.9 Å². The molecule has 7 heavy (non-hydrogen) atoms. The summed E-state index contributed by atoms with van der Waals surface area (Å²) in [6.45, 7) is 1.80. The van der Waals surface area contributed by atoms with E-state index in [4.69, 9.17) is 5.73 Å². The predicted molar refractivity (Wildman–Crippen MR) is 40.5 cm³/mol. The summed E-state index contributed by atoms with van der Waals surface area (Å²) in [5, 5.41) is 0. The van der Waals surface area contributed by atoms with Gasteiger partial charge >= 0.3 is 0 Å². The third kappa shape index (κ3) is 5.94. The van der Waals surface area contributed by atoms with Crippen LogP contribution in [0.15, 0.2) is 16.9 Å². The highest BCUT2D eigenvalue weighted by Gasteiger charge is 1.66. The molecule has 0 bridgehead atoms. The molecule has 0 rings (SSSR count). The molecule has 0 aromatic carbocycles. The summed E-state index contributed by atoms with van der Waals surface area (Å²) >= 11 is 2.03. The Kier molecular flexibility index (Phi) is 4.07. The normalized spacial score (nSPS) is 13.1. The molecule has 0 amide bonds. The third-order valence-electron chi connectivity index (χ3n) is 0.335. The maximum atomic E-state index is 5.22. The summed E-state index contributed by atoms with van der Waals surface area (Å²) in [5.74, 6) is 0. The van der Waals surface area contributed by atoms with Gasteiger partial charge in [-0.25, -0.2) is 0 Å². The number of allylic oxidation sites excluding steroid dienone is 1. The Balaban J connectivity index is 3.46. The first-order valence-corrected chi connectivity index (χ1v) is 3.06. The summed E-state index contributed by atoms with van der Waals surface area (Å²) in [4.78, 5) is 3.75. The molecule has 0 unspecified atom stereocenters. The lowest BCUT2D eigenvalue weighted by molar-refractivity contribution is 1.28. The van der Waals surface area contributed by atoms with Gasteiger partial charge in [-0.2, -0.15) is 0 Å². The van der Waals surface area contributed by atoms with Crippen molar-refractivity contribution >= 4 is 26.8 Å².